The Bertz CT molecular complexity index is 325. The Morgan fingerprint density at radius 2 is 1.83 bits per heavy atom. The number of carbonyl (C=O) groups is 1. The number of nitrogens with two attached hydrogens (primary N) is 1. The van der Waals surface area contributed by atoms with Crippen LogP contribution in [0.25, 0.3) is 0 Å². The normalized spacial score (nSPS) is 20.5. The van der Waals surface area contributed by atoms with Crippen molar-refractivity contribution in [1.82, 2.24) is 4.90 Å². The van der Waals surface area contributed by atoms with Crippen molar-refractivity contribution in [2.24, 2.45) is 17.1 Å². The highest BCUT2D eigenvalue weighted by Crippen LogP contribution is 2.34. The molecule has 1 atom stereocenters. The van der Waals surface area contributed by atoms with Crippen molar-refractivity contribution in [3.05, 3.63) is 0 Å². The van der Waals surface area contributed by atoms with Crippen LogP contribution in [0.15, 0.2) is 0 Å². The summed E-state index contributed by atoms with van der Waals surface area (Å²) in [6.45, 7) is 7.35. The summed E-state index contributed by atoms with van der Waals surface area (Å²) < 4.78 is 5.33. The fourth-order valence-electron chi connectivity index (χ4n) is 2.26. The lowest BCUT2D eigenvalue weighted by Crippen LogP contribution is -2.54. The van der Waals surface area contributed by atoms with Crippen LogP contribution in [-0.4, -0.2) is 42.1 Å². The molecule has 4 nitrogen and oxygen atoms in total. The van der Waals surface area contributed by atoms with Crippen molar-refractivity contribution in [3.8, 4) is 0 Å². The highest BCUT2D eigenvalue weighted by molar-refractivity contribution is 7.80. The average Bonchev–Trinajstić information content (AvgIpc) is 2.36. The fourth-order valence-corrected chi connectivity index (χ4v) is 2.55. The van der Waals surface area contributed by atoms with E-state index in [-0.39, 0.29) is 11.9 Å². The summed E-state index contributed by atoms with van der Waals surface area (Å²) >= 11 is 5.15. The SMILES string of the molecule is CC(C)C(C)N(C)C(=O)C1(C(N)=S)CCOCC1. The standard InChI is InChI=1S/C13H24N2O2S/c1-9(2)10(3)15(4)12(16)13(11(14)18)5-7-17-8-6-13/h9-10H,5-8H2,1-4H3,(H2,14,18). The molecule has 0 spiro atoms. The number of amides is 1. The smallest absolute Gasteiger partial charge is 0.235 e. The molecule has 1 aliphatic heterocycles. The van der Waals surface area contributed by atoms with E-state index in [1.807, 2.05) is 7.05 Å². The molecular weight excluding hydrogens is 248 g/mol. The first-order chi connectivity index (χ1) is 8.33. The number of hydrogen-bond acceptors (Lipinski definition) is 3. The second-order valence-electron chi connectivity index (χ2n) is 5.46. The molecule has 104 valence electrons. The summed E-state index contributed by atoms with van der Waals surface area (Å²) in [7, 11) is 1.84. The summed E-state index contributed by atoms with van der Waals surface area (Å²) in [5.74, 6) is 0.446. The minimum atomic E-state index is -0.703. The molecule has 1 amide bonds. The van der Waals surface area contributed by atoms with Gasteiger partial charge in [-0.15, -0.1) is 0 Å². The molecule has 18 heavy (non-hydrogen) atoms. The van der Waals surface area contributed by atoms with Crippen molar-refractivity contribution < 1.29 is 9.53 Å². The molecule has 1 aliphatic rings. The van der Waals surface area contributed by atoms with Crippen molar-refractivity contribution in [1.29, 1.82) is 0 Å². The highest BCUT2D eigenvalue weighted by Gasteiger charge is 2.45. The third-order valence-corrected chi connectivity index (χ3v) is 4.51. The topological polar surface area (TPSA) is 55.6 Å². The Morgan fingerprint density at radius 3 is 2.22 bits per heavy atom. The first-order valence-corrected chi connectivity index (χ1v) is 6.88. The van der Waals surface area contributed by atoms with Gasteiger partial charge in [0.2, 0.25) is 5.91 Å². The molecule has 0 aromatic heterocycles. The lowest BCUT2D eigenvalue weighted by molar-refractivity contribution is -0.143. The Morgan fingerprint density at radius 1 is 1.33 bits per heavy atom. The van der Waals surface area contributed by atoms with E-state index in [1.165, 1.54) is 0 Å². The Balaban J connectivity index is 2.93. The summed E-state index contributed by atoms with van der Waals surface area (Å²) in [5.41, 5.74) is 5.14. The van der Waals surface area contributed by atoms with Crippen LogP contribution in [0.4, 0.5) is 0 Å². The summed E-state index contributed by atoms with van der Waals surface area (Å²) in [6.07, 6.45) is 1.19. The summed E-state index contributed by atoms with van der Waals surface area (Å²) in [5, 5.41) is 0. The molecule has 1 fully saturated rings. The van der Waals surface area contributed by atoms with E-state index in [0.29, 0.717) is 37.0 Å². The lowest BCUT2D eigenvalue weighted by Gasteiger charge is -2.40. The van der Waals surface area contributed by atoms with Gasteiger partial charge in [-0.2, -0.15) is 0 Å². The van der Waals surface area contributed by atoms with Gasteiger partial charge in [0.1, 0.15) is 5.41 Å². The number of nitrogens with zero attached hydrogens (tertiary/aromatic N) is 1. The van der Waals surface area contributed by atoms with Crippen LogP contribution in [0, 0.1) is 11.3 Å². The van der Waals surface area contributed by atoms with Gasteiger partial charge in [-0.1, -0.05) is 26.1 Å². The lowest BCUT2D eigenvalue weighted by atomic mass is 9.78. The van der Waals surface area contributed by atoms with Gasteiger partial charge in [0.05, 0.1) is 4.99 Å². The highest BCUT2D eigenvalue weighted by atomic mass is 32.1. The van der Waals surface area contributed by atoms with Crippen molar-refractivity contribution in [3.63, 3.8) is 0 Å². The summed E-state index contributed by atoms with van der Waals surface area (Å²) in [4.78, 5) is 14.8. The molecule has 2 N–H and O–H groups in total. The van der Waals surface area contributed by atoms with Crippen LogP contribution >= 0.6 is 12.2 Å². The van der Waals surface area contributed by atoms with E-state index >= 15 is 0 Å². The maximum atomic E-state index is 12.7. The van der Waals surface area contributed by atoms with Crippen LogP contribution in [0.5, 0.6) is 0 Å². The Kier molecular flexibility index (Phi) is 5.10. The van der Waals surface area contributed by atoms with E-state index in [1.54, 1.807) is 4.90 Å². The minimum absolute atomic E-state index is 0.0412. The third-order valence-electron chi connectivity index (χ3n) is 4.12. The van der Waals surface area contributed by atoms with Gasteiger partial charge in [0, 0.05) is 26.3 Å². The molecule has 0 bridgehead atoms. The molecule has 0 aliphatic carbocycles. The van der Waals surface area contributed by atoms with Gasteiger partial charge < -0.3 is 15.4 Å². The second kappa shape index (κ2) is 5.97. The number of ether oxygens (including phenoxy) is 1. The number of hydrogen-bond donors (Lipinski definition) is 1. The van der Waals surface area contributed by atoms with Crippen LogP contribution in [0.2, 0.25) is 0 Å². The number of thiocarbonyl (C=S) groups is 1. The predicted molar refractivity (Wildman–Crippen MR) is 76.3 cm³/mol. The first kappa shape index (κ1) is 15.4. The van der Waals surface area contributed by atoms with Gasteiger partial charge in [0.25, 0.3) is 0 Å². The average molecular weight is 272 g/mol. The van der Waals surface area contributed by atoms with Crippen molar-refractivity contribution in [2.45, 2.75) is 39.7 Å². The van der Waals surface area contributed by atoms with Gasteiger partial charge in [-0.3, -0.25) is 4.79 Å². The van der Waals surface area contributed by atoms with Gasteiger partial charge in [-0.25, -0.2) is 0 Å². The largest absolute Gasteiger partial charge is 0.392 e. The number of rotatable bonds is 4. The Labute approximate surface area is 115 Å². The van der Waals surface area contributed by atoms with E-state index in [9.17, 15) is 4.79 Å². The minimum Gasteiger partial charge on any atom is -0.392 e. The molecule has 5 heteroatoms. The molecule has 1 saturated heterocycles. The summed E-state index contributed by atoms with van der Waals surface area (Å²) in [6, 6.07) is 0.173. The van der Waals surface area contributed by atoms with Crippen molar-refractivity contribution >= 4 is 23.1 Å². The molecule has 0 aromatic carbocycles. The van der Waals surface area contributed by atoms with Gasteiger partial charge in [0.15, 0.2) is 0 Å². The number of carbonyl (C=O) groups excluding carboxylic acids is 1. The van der Waals surface area contributed by atoms with Crippen LogP contribution < -0.4 is 5.73 Å². The molecule has 0 radical (unpaired) electrons. The fraction of sp³-hybridized carbons (Fsp3) is 0.846. The van der Waals surface area contributed by atoms with E-state index < -0.39 is 5.41 Å². The van der Waals surface area contributed by atoms with Crippen LogP contribution in [0.1, 0.15) is 33.6 Å². The molecular formula is C13H24N2O2S. The first-order valence-electron chi connectivity index (χ1n) is 6.48. The van der Waals surface area contributed by atoms with E-state index in [4.69, 9.17) is 22.7 Å². The maximum absolute atomic E-state index is 12.7. The van der Waals surface area contributed by atoms with Gasteiger partial charge >= 0.3 is 0 Å². The molecule has 1 rings (SSSR count). The quantitative estimate of drug-likeness (QED) is 0.789. The zero-order valence-corrected chi connectivity index (χ0v) is 12.5. The van der Waals surface area contributed by atoms with Crippen molar-refractivity contribution in [2.75, 3.05) is 20.3 Å². The maximum Gasteiger partial charge on any atom is 0.235 e. The third kappa shape index (κ3) is 2.83. The van der Waals surface area contributed by atoms with Crippen LogP contribution in [0.3, 0.4) is 0 Å². The molecule has 1 heterocycles. The molecule has 0 saturated carbocycles. The van der Waals surface area contributed by atoms with Gasteiger partial charge in [-0.05, 0) is 25.7 Å². The zero-order valence-electron chi connectivity index (χ0n) is 11.7. The molecule has 1 unspecified atom stereocenters. The molecule has 0 aromatic rings. The predicted octanol–water partition coefficient (Wildman–Crippen LogP) is 1.57. The second-order valence-corrected chi connectivity index (χ2v) is 5.90. The Hall–Kier alpha value is -0.680. The monoisotopic (exact) mass is 272 g/mol. The van der Waals surface area contributed by atoms with E-state index in [2.05, 4.69) is 20.8 Å². The van der Waals surface area contributed by atoms with E-state index in [0.717, 1.165) is 0 Å². The van der Waals surface area contributed by atoms with Crippen LogP contribution in [-0.2, 0) is 9.53 Å². The zero-order chi connectivity index (χ0) is 13.9.